The van der Waals surface area contributed by atoms with Crippen LogP contribution >= 0.6 is 0 Å². The van der Waals surface area contributed by atoms with Crippen LogP contribution in [0.1, 0.15) is 6.92 Å². The molecule has 0 aromatic heterocycles. The van der Waals surface area contributed by atoms with Gasteiger partial charge in [-0.3, -0.25) is 4.79 Å². The fraction of sp³-hybridized carbons (Fsp3) is 0.500. The minimum Gasteiger partial charge on any atom is -0.485 e. The Hall–Kier alpha value is -1.79. The quantitative estimate of drug-likeness (QED) is 0.649. The summed E-state index contributed by atoms with van der Waals surface area (Å²) in [6.45, 7) is 2.12. The summed E-state index contributed by atoms with van der Waals surface area (Å²) in [5.74, 6) is 0.349. The Bertz CT molecular complexity index is 506. The maximum atomic E-state index is 11.0. The highest BCUT2D eigenvalue weighted by molar-refractivity contribution is 5.66. The number of carbonyl (C=O) groups excluding carboxylic acids is 1. The number of nitrogen functional groups attached to an aromatic ring is 1. The third-order valence-corrected chi connectivity index (χ3v) is 3.43. The maximum Gasteiger partial charge on any atom is 0.303 e. The SMILES string of the molecule is CC(=O)O[C@H]1CO[C@H]2[C@@H]1OC[C@@H]2Oc1cccc(N)c1. The van der Waals surface area contributed by atoms with Crippen LogP contribution in [0.25, 0.3) is 0 Å². The van der Waals surface area contributed by atoms with Crippen molar-refractivity contribution in [2.45, 2.75) is 31.3 Å². The molecule has 1 aromatic rings. The Kier molecular flexibility index (Phi) is 3.50. The lowest BCUT2D eigenvalue weighted by Crippen LogP contribution is -2.36. The number of rotatable bonds is 3. The molecule has 1 aromatic carbocycles. The van der Waals surface area contributed by atoms with Gasteiger partial charge in [0.2, 0.25) is 0 Å². The Morgan fingerprint density at radius 1 is 1.25 bits per heavy atom. The van der Waals surface area contributed by atoms with E-state index >= 15 is 0 Å². The summed E-state index contributed by atoms with van der Waals surface area (Å²) < 4.78 is 22.3. The van der Waals surface area contributed by atoms with Crippen molar-refractivity contribution in [3.8, 4) is 5.75 Å². The second kappa shape index (κ2) is 5.30. The van der Waals surface area contributed by atoms with E-state index in [-0.39, 0.29) is 30.4 Å². The number of nitrogens with two attached hydrogens (primary N) is 1. The molecular weight excluding hydrogens is 262 g/mol. The zero-order valence-electron chi connectivity index (χ0n) is 11.2. The molecule has 0 bridgehead atoms. The predicted octanol–water partition coefficient (Wildman–Crippen LogP) is 0.745. The molecule has 0 amide bonds. The van der Waals surface area contributed by atoms with Crippen molar-refractivity contribution < 1.29 is 23.7 Å². The third kappa shape index (κ3) is 2.57. The summed E-state index contributed by atoms with van der Waals surface area (Å²) in [5.41, 5.74) is 6.36. The molecule has 0 aliphatic carbocycles. The van der Waals surface area contributed by atoms with Gasteiger partial charge in [0, 0.05) is 18.7 Å². The molecule has 2 heterocycles. The second-order valence-electron chi connectivity index (χ2n) is 4.97. The van der Waals surface area contributed by atoms with Crippen molar-refractivity contribution in [3.63, 3.8) is 0 Å². The van der Waals surface area contributed by atoms with Crippen LogP contribution in [-0.2, 0) is 19.0 Å². The Balaban J connectivity index is 1.65. The van der Waals surface area contributed by atoms with Gasteiger partial charge in [-0.15, -0.1) is 0 Å². The molecule has 6 heteroatoms. The lowest BCUT2D eigenvalue weighted by molar-refractivity contribution is -0.150. The monoisotopic (exact) mass is 279 g/mol. The standard InChI is InChI=1S/C14H17NO5/c1-8(16)19-11-6-17-14-12(7-18-13(11)14)20-10-4-2-3-9(15)5-10/h2-5,11-14H,6-7,15H2,1H3/t11-,12-,13+,14+/m0/s1. The molecule has 2 fully saturated rings. The van der Waals surface area contributed by atoms with Crippen LogP contribution < -0.4 is 10.5 Å². The first kappa shape index (κ1) is 13.2. The molecule has 2 saturated heterocycles. The lowest BCUT2D eigenvalue weighted by Gasteiger charge is -2.18. The summed E-state index contributed by atoms with van der Waals surface area (Å²) in [7, 11) is 0. The normalized spacial score (nSPS) is 31.9. The molecule has 6 nitrogen and oxygen atoms in total. The molecule has 0 unspecified atom stereocenters. The smallest absolute Gasteiger partial charge is 0.303 e. The second-order valence-corrected chi connectivity index (χ2v) is 4.97. The van der Waals surface area contributed by atoms with Crippen LogP contribution in [0.5, 0.6) is 5.75 Å². The molecule has 0 spiro atoms. The van der Waals surface area contributed by atoms with E-state index in [1.807, 2.05) is 12.1 Å². The first-order valence-corrected chi connectivity index (χ1v) is 6.56. The van der Waals surface area contributed by atoms with Gasteiger partial charge in [-0.1, -0.05) is 6.07 Å². The highest BCUT2D eigenvalue weighted by Gasteiger charge is 2.50. The van der Waals surface area contributed by atoms with Crippen molar-refractivity contribution in [1.29, 1.82) is 0 Å². The molecular formula is C14H17NO5. The van der Waals surface area contributed by atoms with Crippen molar-refractivity contribution in [2.24, 2.45) is 0 Å². The molecule has 2 N–H and O–H groups in total. The van der Waals surface area contributed by atoms with Gasteiger partial charge in [-0.2, -0.15) is 0 Å². The van der Waals surface area contributed by atoms with Crippen LogP contribution in [0, 0.1) is 0 Å². The van der Waals surface area contributed by atoms with Crippen molar-refractivity contribution >= 4 is 11.7 Å². The minimum atomic E-state index is -0.355. The highest BCUT2D eigenvalue weighted by atomic mass is 16.7. The number of benzene rings is 1. The van der Waals surface area contributed by atoms with Gasteiger partial charge in [-0.05, 0) is 12.1 Å². The molecule has 0 radical (unpaired) electrons. The maximum absolute atomic E-state index is 11.0. The van der Waals surface area contributed by atoms with Gasteiger partial charge >= 0.3 is 5.97 Å². The molecule has 108 valence electrons. The summed E-state index contributed by atoms with van der Waals surface area (Å²) in [6, 6.07) is 7.22. The Labute approximate surface area is 116 Å². The van der Waals surface area contributed by atoms with Gasteiger partial charge in [0.25, 0.3) is 0 Å². The highest BCUT2D eigenvalue weighted by Crippen LogP contribution is 2.31. The Morgan fingerprint density at radius 3 is 2.65 bits per heavy atom. The molecule has 3 rings (SSSR count). The topological polar surface area (TPSA) is 80.0 Å². The van der Waals surface area contributed by atoms with Crippen LogP contribution in [0.2, 0.25) is 0 Å². The summed E-state index contributed by atoms with van der Waals surface area (Å²) in [4.78, 5) is 11.0. The summed E-state index contributed by atoms with van der Waals surface area (Å²) in [5, 5.41) is 0. The third-order valence-electron chi connectivity index (χ3n) is 3.43. The number of fused-ring (bicyclic) bond motifs is 1. The number of carbonyl (C=O) groups is 1. The van der Waals surface area contributed by atoms with Gasteiger partial charge in [-0.25, -0.2) is 0 Å². The van der Waals surface area contributed by atoms with E-state index in [0.717, 1.165) is 0 Å². The molecule has 2 aliphatic rings. The van der Waals surface area contributed by atoms with E-state index in [2.05, 4.69) is 0 Å². The van der Waals surface area contributed by atoms with Gasteiger partial charge in [0.15, 0.2) is 12.2 Å². The van der Waals surface area contributed by atoms with E-state index in [9.17, 15) is 4.79 Å². The Morgan fingerprint density at radius 2 is 1.95 bits per heavy atom. The number of anilines is 1. The predicted molar refractivity (Wildman–Crippen MR) is 70.3 cm³/mol. The molecule has 0 saturated carbocycles. The average Bonchev–Trinajstić information content (AvgIpc) is 2.94. The van der Waals surface area contributed by atoms with Crippen LogP contribution in [0.15, 0.2) is 24.3 Å². The fourth-order valence-corrected chi connectivity index (χ4v) is 2.61. The van der Waals surface area contributed by atoms with Gasteiger partial charge in [0.1, 0.15) is 18.0 Å². The molecule has 4 atom stereocenters. The van der Waals surface area contributed by atoms with E-state index in [0.29, 0.717) is 24.7 Å². The zero-order chi connectivity index (χ0) is 14.1. The van der Waals surface area contributed by atoms with Gasteiger partial charge < -0.3 is 24.7 Å². The van der Waals surface area contributed by atoms with Crippen molar-refractivity contribution in [3.05, 3.63) is 24.3 Å². The van der Waals surface area contributed by atoms with Gasteiger partial charge in [0.05, 0.1) is 13.2 Å². The number of ether oxygens (including phenoxy) is 4. The fourth-order valence-electron chi connectivity index (χ4n) is 2.61. The lowest BCUT2D eigenvalue weighted by atomic mass is 10.1. The van der Waals surface area contributed by atoms with Crippen molar-refractivity contribution in [1.82, 2.24) is 0 Å². The van der Waals surface area contributed by atoms with Crippen molar-refractivity contribution in [2.75, 3.05) is 18.9 Å². The molecule has 20 heavy (non-hydrogen) atoms. The van der Waals surface area contributed by atoms with E-state index in [4.69, 9.17) is 24.7 Å². The zero-order valence-corrected chi connectivity index (χ0v) is 11.2. The molecule has 2 aliphatic heterocycles. The average molecular weight is 279 g/mol. The summed E-state index contributed by atoms with van der Waals surface area (Å²) in [6.07, 6.45) is -1.06. The van der Waals surface area contributed by atoms with Crippen LogP contribution in [0.3, 0.4) is 0 Å². The van der Waals surface area contributed by atoms with E-state index < -0.39 is 0 Å². The number of hydrogen-bond acceptors (Lipinski definition) is 6. The number of hydrogen-bond donors (Lipinski definition) is 1. The first-order valence-electron chi connectivity index (χ1n) is 6.56. The van der Waals surface area contributed by atoms with E-state index in [1.165, 1.54) is 6.92 Å². The minimum absolute atomic E-state index is 0.220. The van der Waals surface area contributed by atoms with Crippen LogP contribution in [-0.4, -0.2) is 43.6 Å². The number of esters is 1. The first-order chi connectivity index (χ1) is 9.63. The summed E-state index contributed by atoms with van der Waals surface area (Å²) >= 11 is 0. The van der Waals surface area contributed by atoms with E-state index in [1.54, 1.807) is 12.1 Å². The largest absolute Gasteiger partial charge is 0.485 e. The van der Waals surface area contributed by atoms with Crippen LogP contribution in [0.4, 0.5) is 5.69 Å².